The van der Waals surface area contributed by atoms with Crippen LogP contribution < -0.4 is 15.4 Å². The molecule has 2 aromatic rings. The number of benzene rings is 2. The number of likely N-dealkylation sites (tertiary alicyclic amines) is 1. The molecule has 0 saturated carbocycles. The van der Waals surface area contributed by atoms with E-state index in [2.05, 4.69) is 17.6 Å². The van der Waals surface area contributed by atoms with Crippen LogP contribution in [0, 0.1) is 5.92 Å². The van der Waals surface area contributed by atoms with Gasteiger partial charge in [0.1, 0.15) is 12.4 Å². The number of carbonyl (C=O) groups is 2. The van der Waals surface area contributed by atoms with Crippen LogP contribution in [0.4, 0.5) is 10.5 Å². The predicted octanol–water partition coefficient (Wildman–Crippen LogP) is 3.76. The minimum Gasteiger partial charge on any atom is -0.492 e. The number of carbonyl (C=O) groups excluding carboxylic acids is 2. The molecule has 1 aliphatic rings. The maximum Gasteiger partial charge on any atom is 0.319 e. The fourth-order valence-electron chi connectivity index (χ4n) is 3.28. The molecule has 0 unspecified atom stereocenters. The Labute approximate surface area is 165 Å². The lowest BCUT2D eigenvalue weighted by molar-refractivity contribution is 0.0683. The van der Waals surface area contributed by atoms with E-state index >= 15 is 0 Å². The normalized spacial score (nSPS) is 16.3. The number of para-hydroxylation sites is 1. The van der Waals surface area contributed by atoms with E-state index in [0.717, 1.165) is 25.3 Å². The molecule has 148 valence electrons. The van der Waals surface area contributed by atoms with Crippen LogP contribution in [-0.4, -0.2) is 43.1 Å². The Bertz CT molecular complexity index is 777. The van der Waals surface area contributed by atoms with Crippen LogP contribution in [0.5, 0.6) is 5.75 Å². The van der Waals surface area contributed by atoms with Crippen LogP contribution in [0.2, 0.25) is 0 Å². The van der Waals surface area contributed by atoms with Crippen molar-refractivity contribution in [3.63, 3.8) is 0 Å². The number of nitrogens with zero attached hydrogens (tertiary/aromatic N) is 1. The number of anilines is 1. The van der Waals surface area contributed by atoms with Gasteiger partial charge in [0.05, 0.1) is 6.54 Å². The van der Waals surface area contributed by atoms with Gasteiger partial charge in [-0.2, -0.15) is 0 Å². The van der Waals surface area contributed by atoms with E-state index in [4.69, 9.17) is 4.74 Å². The molecule has 6 heteroatoms. The predicted molar refractivity (Wildman–Crippen MR) is 110 cm³/mol. The Morgan fingerprint density at radius 1 is 1.11 bits per heavy atom. The molecule has 3 rings (SSSR count). The minimum atomic E-state index is -0.305. The van der Waals surface area contributed by atoms with Crippen molar-refractivity contribution in [2.45, 2.75) is 19.8 Å². The van der Waals surface area contributed by atoms with Crippen LogP contribution >= 0.6 is 0 Å². The van der Waals surface area contributed by atoms with Gasteiger partial charge >= 0.3 is 6.03 Å². The van der Waals surface area contributed by atoms with Gasteiger partial charge in [-0.3, -0.25) is 4.79 Å². The number of hydrogen-bond donors (Lipinski definition) is 2. The first-order chi connectivity index (χ1) is 13.6. The maximum absolute atomic E-state index is 12.6. The third-order valence-electron chi connectivity index (χ3n) is 4.73. The van der Waals surface area contributed by atoms with Gasteiger partial charge in [0, 0.05) is 24.3 Å². The highest BCUT2D eigenvalue weighted by Crippen LogP contribution is 2.19. The summed E-state index contributed by atoms with van der Waals surface area (Å²) < 4.78 is 5.53. The fourth-order valence-corrected chi connectivity index (χ4v) is 3.28. The van der Waals surface area contributed by atoms with Crippen molar-refractivity contribution in [1.29, 1.82) is 0 Å². The number of hydrogen-bond acceptors (Lipinski definition) is 3. The van der Waals surface area contributed by atoms with Crippen LogP contribution in [0.3, 0.4) is 0 Å². The van der Waals surface area contributed by atoms with Crippen LogP contribution in [0.25, 0.3) is 0 Å². The van der Waals surface area contributed by atoms with Gasteiger partial charge in [-0.25, -0.2) is 4.79 Å². The highest BCUT2D eigenvalue weighted by molar-refractivity contribution is 5.95. The van der Waals surface area contributed by atoms with E-state index in [9.17, 15) is 9.59 Å². The zero-order valence-corrected chi connectivity index (χ0v) is 16.2. The standard InChI is InChI=1S/C22H27N3O3/c1-17-6-5-14-25(16-17)21(26)18-9-11-19(12-10-18)24-22(27)23-13-15-28-20-7-3-2-4-8-20/h2-4,7-12,17H,5-6,13-16H2,1H3,(H2,23,24,27)/t17-/m1/s1. The Morgan fingerprint density at radius 2 is 1.86 bits per heavy atom. The lowest BCUT2D eigenvalue weighted by Gasteiger charge is -2.31. The van der Waals surface area contributed by atoms with Crippen molar-refractivity contribution >= 4 is 17.6 Å². The van der Waals surface area contributed by atoms with Gasteiger partial charge in [0.25, 0.3) is 5.91 Å². The first-order valence-electron chi connectivity index (χ1n) is 9.74. The highest BCUT2D eigenvalue weighted by Gasteiger charge is 2.21. The summed E-state index contributed by atoms with van der Waals surface area (Å²) in [6.07, 6.45) is 2.23. The highest BCUT2D eigenvalue weighted by atomic mass is 16.5. The number of nitrogens with one attached hydrogen (secondary N) is 2. The molecule has 2 N–H and O–H groups in total. The van der Waals surface area contributed by atoms with E-state index in [-0.39, 0.29) is 11.9 Å². The number of rotatable bonds is 6. The molecule has 28 heavy (non-hydrogen) atoms. The largest absolute Gasteiger partial charge is 0.492 e. The summed E-state index contributed by atoms with van der Waals surface area (Å²) in [6.45, 7) is 4.59. The Hall–Kier alpha value is -3.02. The quantitative estimate of drug-likeness (QED) is 0.749. The molecule has 1 heterocycles. The summed E-state index contributed by atoms with van der Waals surface area (Å²) in [5, 5.41) is 5.51. The average molecular weight is 381 g/mol. The zero-order chi connectivity index (χ0) is 19.8. The summed E-state index contributed by atoms with van der Waals surface area (Å²) in [6, 6.07) is 16.2. The van der Waals surface area contributed by atoms with Gasteiger partial charge in [0.2, 0.25) is 0 Å². The second-order valence-electron chi connectivity index (χ2n) is 7.12. The molecular formula is C22H27N3O3. The number of amides is 3. The van der Waals surface area contributed by atoms with E-state index in [1.54, 1.807) is 24.3 Å². The molecule has 0 spiro atoms. The molecular weight excluding hydrogens is 354 g/mol. The Balaban J connectivity index is 1.42. The fraction of sp³-hybridized carbons (Fsp3) is 0.364. The number of piperidine rings is 1. The molecule has 3 amide bonds. The van der Waals surface area contributed by atoms with Crippen molar-refractivity contribution in [1.82, 2.24) is 10.2 Å². The van der Waals surface area contributed by atoms with Crippen molar-refractivity contribution in [3.8, 4) is 5.75 Å². The monoisotopic (exact) mass is 381 g/mol. The van der Waals surface area contributed by atoms with E-state index in [0.29, 0.717) is 30.3 Å². The van der Waals surface area contributed by atoms with E-state index < -0.39 is 0 Å². The van der Waals surface area contributed by atoms with Crippen LogP contribution in [-0.2, 0) is 0 Å². The summed E-state index contributed by atoms with van der Waals surface area (Å²) in [5.41, 5.74) is 1.29. The SMILES string of the molecule is C[C@@H]1CCCN(C(=O)c2ccc(NC(=O)NCCOc3ccccc3)cc2)C1. The molecule has 0 aliphatic carbocycles. The van der Waals surface area contributed by atoms with Crippen molar-refractivity contribution < 1.29 is 14.3 Å². The molecule has 1 aliphatic heterocycles. The van der Waals surface area contributed by atoms with Crippen molar-refractivity contribution in [2.24, 2.45) is 5.92 Å². The van der Waals surface area contributed by atoms with E-state index in [1.807, 2.05) is 35.2 Å². The minimum absolute atomic E-state index is 0.0561. The van der Waals surface area contributed by atoms with Crippen LogP contribution in [0.1, 0.15) is 30.1 Å². The third kappa shape index (κ3) is 5.74. The number of urea groups is 1. The summed E-state index contributed by atoms with van der Waals surface area (Å²) in [4.78, 5) is 26.5. The van der Waals surface area contributed by atoms with Crippen molar-refractivity contribution in [3.05, 3.63) is 60.2 Å². The van der Waals surface area contributed by atoms with Crippen LogP contribution in [0.15, 0.2) is 54.6 Å². The zero-order valence-electron chi connectivity index (χ0n) is 16.2. The molecule has 1 atom stereocenters. The second-order valence-corrected chi connectivity index (χ2v) is 7.12. The molecule has 1 saturated heterocycles. The lowest BCUT2D eigenvalue weighted by atomic mass is 9.99. The molecule has 0 aromatic heterocycles. The van der Waals surface area contributed by atoms with E-state index in [1.165, 1.54) is 6.42 Å². The summed E-state index contributed by atoms with van der Waals surface area (Å²) >= 11 is 0. The first-order valence-corrected chi connectivity index (χ1v) is 9.74. The van der Waals surface area contributed by atoms with Gasteiger partial charge < -0.3 is 20.3 Å². The Morgan fingerprint density at radius 3 is 2.57 bits per heavy atom. The average Bonchev–Trinajstić information content (AvgIpc) is 2.72. The van der Waals surface area contributed by atoms with Gasteiger partial charge in [-0.15, -0.1) is 0 Å². The van der Waals surface area contributed by atoms with Gasteiger partial charge in [0.15, 0.2) is 0 Å². The molecule has 0 radical (unpaired) electrons. The smallest absolute Gasteiger partial charge is 0.319 e. The topological polar surface area (TPSA) is 70.7 Å². The first kappa shape index (κ1) is 19.7. The summed E-state index contributed by atoms with van der Waals surface area (Å²) in [7, 11) is 0. The maximum atomic E-state index is 12.6. The Kier molecular flexibility index (Phi) is 6.89. The number of ether oxygens (including phenoxy) is 1. The lowest BCUT2D eigenvalue weighted by Crippen LogP contribution is -2.39. The molecule has 1 fully saturated rings. The summed E-state index contributed by atoms with van der Waals surface area (Å²) in [5.74, 6) is 1.38. The molecule has 6 nitrogen and oxygen atoms in total. The third-order valence-corrected chi connectivity index (χ3v) is 4.73. The van der Waals surface area contributed by atoms with Crippen molar-refractivity contribution in [2.75, 3.05) is 31.6 Å². The molecule has 2 aromatic carbocycles. The van der Waals surface area contributed by atoms with Gasteiger partial charge in [-0.05, 0) is 55.2 Å². The van der Waals surface area contributed by atoms with Gasteiger partial charge in [-0.1, -0.05) is 25.1 Å². The molecule has 0 bridgehead atoms. The second kappa shape index (κ2) is 9.78.